The number of carbonyl (C=O) groups is 1. The zero-order valence-electron chi connectivity index (χ0n) is 19.1. The van der Waals surface area contributed by atoms with Gasteiger partial charge in [0.15, 0.2) is 5.65 Å². The van der Waals surface area contributed by atoms with E-state index in [1.54, 1.807) is 43.7 Å². The Morgan fingerprint density at radius 2 is 2.00 bits per heavy atom. The van der Waals surface area contributed by atoms with E-state index < -0.39 is 35.1 Å². The fourth-order valence-corrected chi connectivity index (χ4v) is 4.44. The summed E-state index contributed by atoms with van der Waals surface area (Å²) in [4.78, 5) is 17.2. The van der Waals surface area contributed by atoms with Crippen LogP contribution in [0.1, 0.15) is 82.6 Å². The number of fused-ring (bicyclic) bond motifs is 1. The summed E-state index contributed by atoms with van der Waals surface area (Å²) >= 11 is 0. The molecule has 0 radical (unpaired) electrons. The number of nitriles is 1. The molecule has 0 saturated heterocycles. The highest BCUT2D eigenvalue weighted by atomic mass is 19.3. The monoisotopic (exact) mass is 460 g/mol. The molecule has 0 aromatic carbocycles. The van der Waals surface area contributed by atoms with Gasteiger partial charge in [0.2, 0.25) is 5.92 Å². The van der Waals surface area contributed by atoms with E-state index >= 15 is 0 Å². The van der Waals surface area contributed by atoms with Crippen molar-refractivity contribution in [3.05, 3.63) is 29.7 Å². The Labute approximate surface area is 191 Å². The Morgan fingerprint density at radius 1 is 1.33 bits per heavy atom. The number of hydrogen-bond acceptors (Lipinski definition) is 6. The maximum atomic E-state index is 13.8. The molecule has 4 rings (SSSR count). The first-order chi connectivity index (χ1) is 15.4. The quantitative estimate of drug-likeness (QED) is 0.682. The molecular formula is C23H30F2N6O2. The molecule has 2 heterocycles. The van der Waals surface area contributed by atoms with E-state index in [0.29, 0.717) is 16.9 Å². The van der Waals surface area contributed by atoms with Gasteiger partial charge in [0, 0.05) is 12.8 Å². The number of nitrogens with zero attached hydrogens (tertiary/aromatic N) is 4. The third-order valence-electron chi connectivity index (χ3n) is 6.55. The Morgan fingerprint density at radius 3 is 2.58 bits per heavy atom. The minimum absolute atomic E-state index is 0.211. The van der Waals surface area contributed by atoms with Gasteiger partial charge < -0.3 is 15.8 Å². The van der Waals surface area contributed by atoms with Crippen LogP contribution >= 0.6 is 0 Å². The molecule has 0 spiro atoms. The summed E-state index contributed by atoms with van der Waals surface area (Å²) in [5, 5.41) is 16.7. The maximum Gasteiger partial charge on any atom is 0.408 e. The van der Waals surface area contributed by atoms with E-state index in [1.165, 1.54) is 0 Å². The molecule has 178 valence electrons. The molecule has 33 heavy (non-hydrogen) atoms. The summed E-state index contributed by atoms with van der Waals surface area (Å²) < 4.78 is 34.5. The smallest absolute Gasteiger partial charge is 0.408 e. The molecular weight excluding hydrogens is 430 g/mol. The molecule has 2 atom stereocenters. The second kappa shape index (κ2) is 8.20. The number of alkyl carbamates (subject to hydrolysis) is 1. The minimum atomic E-state index is -2.68. The lowest BCUT2D eigenvalue weighted by molar-refractivity contribution is -0.0500. The van der Waals surface area contributed by atoms with Crippen molar-refractivity contribution in [3.63, 3.8) is 0 Å². The number of alkyl halides is 2. The average molecular weight is 461 g/mol. The summed E-state index contributed by atoms with van der Waals surface area (Å²) in [5.74, 6) is -2.89. The van der Waals surface area contributed by atoms with Crippen LogP contribution in [-0.2, 0) is 4.74 Å². The van der Waals surface area contributed by atoms with Gasteiger partial charge in [-0.2, -0.15) is 10.4 Å². The topological polar surface area (TPSA) is 118 Å². The standard InChI is InChI=1S/C23H30F2N6O2/c1-21(2,3)33-20(32)30-18(14-4-6-23(24,25)7-5-14)16-12-31-17(29-16)10-15(11-28-31)19(27)22(13-26)8-9-22/h10-12,14,18-19H,4-9,27H2,1-3H3,(H,30,32)/t18-,19+/m0/s1. The predicted molar refractivity (Wildman–Crippen MR) is 116 cm³/mol. The van der Waals surface area contributed by atoms with Gasteiger partial charge in [-0.3, -0.25) is 0 Å². The average Bonchev–Trinajstić information content (AvgIpc) is 3.42. The van der Waals surface area contributed by atoms with Crippen LogP contribution in [0.4, 0.5) is 13.6 Å². The second-order valence-corrected chi connectivity index (χ2v) is 10.3. The van der Waals surface area contributed by atoms with Gasteiger partial charge in [-0.25, -0.2) is 23.1 Å². The number of hydrogen-bond donors (Lipinski definition) is 2. The zero-order valence-corrected chi connectivity index (χ0v) is 19.1. The Balaban J connectivity index is 1.62. The number of rotatable bonds is 5. The summed E-state index contributed by atoms with van der Waals surface area (Å²) in [6.07, 6.45) is 4.26. The molecule has 10 heteroatoms. The van der Waals surface area contributed by atoms with Crippen molar-refractivity contribution in [2.45, 2.75) is 82.9 Å². The lowest BCUT2D eigenvalue weighted by Gasteiger charge is -2.33. The van der Waals surface area contributed by atoms with Crippen LogP contribution in [0.2, 0.25) is 0 Å². The first-order valence-corrected chi connectivity index (χ1v) is 11.3. The lowest BCUT2D eigenvalue weighted by atomic mass is 9.81. The Hall–Kier alpha value is -2.80. The summed E-state index contributed by atoms with van der Waals surface area (Å²) in [7, 11) is 0. The highest BCUT2D eigenvalue weighted by molar-refractivity contribution is 5.68. The number of imidazole rings is 1. The number of amides is 1. The molecule has 1 amide bonds. The van der Waals surface area contributed by atoms with Crippen molar-refractivity contribution in [2.75, 3.05) is 0 Å². The molecule has 2 aromatic rings. The summed E-state index contributed by atoms with van der Waals surface area (Å²) in [5.41, 5.74) is 6.84. The lowest BCUT2D eigenvalue weighted by Crippen LogP contribution is -2.40. The first-order valence-electron chi connectivity index (χ1n) is 11.3. The maximum absolute atomic E-state index is 13.8. The molecule has 2 aliphatic rings. The first kappa shape index (κ1) is 23.4. The number of halogens is 2. The van der Waals surface area contributed by atoms with Gasteiger partial charge in [-0.15, -0.1) is 0 Å². The van der Waals surface area contributed by atoms with Gasteiger partial charge in [0.1, 0.15) is 5.60 Å². The van der Waals surface area contributed by atoms with Gasteiger partial charge >= 0.3 is 6.09 Å². The van der Waals surface area contributed by atoms with Gasteiger partial charge in [0.25, 0.3) is 0 Å². The number of ether oxygens (including phenoxy) is 1. The SMILES string of the molecule is CC(C)(C)OC(=O)N[C@H](c1cn2ncc([C@@H](N)C3(C#N)CC3)cc2n1)C1CCC(F)(F)CC1. The number of nitrogens with two attached hydrogens (primary N) is 1. The molecule has 2 saturated carbocycles. The molecule has 2 fully saturated rings. The van der Waals surface area contributed by atoms with E-state index in [4.69, 9.17) is 10.5 Å². The molecule has 0 bridgehead atoms. The highest BCUT2D eigenvalue weighted by Gasteiger charge is 2.49. The van der Waals surface area contributed by atoms with Gasteiger partial charge in [-0.05, 0) is 64.0 Å². The van der Waals surface area contributed by atoms with E-state index in [1.807, 2.05) is 0 Å². The number of aromatic nitrogens is 3. The van der Waals surface area contributed by atoms with Crippen LogP contribution in [0.5, 0.6) is 0 Å². The second-order valence-electron chi connectivity index (χ2n) is 10.3. The van der Waals surface area contributed by atoms with Crippen LogP contribution in [0.15, 0.2) is 18.5 Å². The van der Waals surface area contributed by atoms with E-state index in [0.717, 1.165) is 12.8 Å². The van der Waals surface area contributed by atoms with Crippen LogP contribution < -0.4 is 11.1 Å². The van der Waals surface area contributed by atoms with Crippen LogP contribution in [-0.4, -0.2) is 32.2 Å². The fraction of sp³-hybridized carbons (Fsp3) is 0.652. The van der Waals surface area contributed by atoms with Gasteiger partial charge in [-0.1, -0.05) is 0 Å². The van der Waals surface area contributed by atoms with Crippen molar-refractivity contribution >= 4 is 11.7 Å². The third-order valence-corrected chi connectivity index (χ3v) is 6.55. The van der Waals surface area contributed by atoms with Crippen molar-refractivity contribution in [1.29, 1.82) is 5.26 Å². The summed E-state index contributed by atoms with van der Waals surface area (Å²) in [6, 6.07) is 3.04. The van der Waals surface area contributed by atoms with E-state index in [-0.39, 0.29) is 31.6 Å². The van der Waals surface area contributed by atoms with E-state index in [9.17, 15) is 18.8 Å². The third kappa shape index (κ3) is 5.08. The largest absolute Gasteiger partial charge is 0.444 e. The predicted octanol–water partition coefficient (Wildman–Crippen LogP) is 4.42. The molecule has 2 aliphatic carbocycles. The molecule has 8 nitrogen and oxygen atoms in total. The van der Waals surface area contributed by atoms with Crippen molar-refractivity contribution < 1.29 is 18.3 Å². The molecule has 2 aromatic heterocycles. The molecule has 3 N–H and O–H groups in total. The summed E-state index contributed by atoms with van der Waals surface area (Å²) in [6.45, 7) is 5.28. The molecule has 0 unspecified atom stereocenters. The van der Waals surface area contributed by atoms with Crippen molar-refractivity contribution in [3.8, 4) is 6.07 Å². The van der Waals surface area contributed by atoms with Gasteiger partial charge in [0.05, 0.1) is 41.7 Å². The Bertz CT molecular complexity index is 1070. The van der Waals surface area contributed by atoms with Crippen LogP contribution in [0.25, 0.3) is 5.65 Å². The fourth-order valence-electron chi connectivity index (χ4n) is 4.44. The van der Waals surface area contributed by atoms with Crippen LogP contribution in [0.3, 0.4) is 0 Å². The van der Waals surface area contributed by atoms with Crippen LogP contribution in [0, 0.1) is 22.7 Å². The number of nitrogens with one attached hydrogen (secondary N) is 1. The zero-order chi connectivity index (χ0) is 24.0. The number of carbonyl (C=O) groups excluding carboxylic acids is 1. The highest BCUT2D eigenvalue weighted by Crippen LogP contribution is 2.53. The molecule has 0 aliphatic heterocycles. The van der Waals surface area contributed by atoms with E-state index in [2.05, 4.69) is 21.5 Å². The normalized spacial score (nSPS) is 21.7. The van der Waals surface area contributed by atoms with Crippen molar-refractivity contribution in [1.82, 2.24) is 19.9 Å². The van der Waals surface area contributed by atoms with Crippen molar-refractivity contribution in [2.24, 2.45) is 17.1 Å². The Kier molecular flexibility index (Phi) is 5.81. The minimum Gasteiger partial charge on any atom is -0.444 e.